The molecule has 5 heteroatoms. The molecule has 0 unspecified atom stereocenters. The quantitative estimate of drug-likeness (QED) is 0.316. The predicted octanol–water partition coefficient (Wildman–Crippen LogP) is -1.34. The Hall–Kier alpha value is -0.0200. The van der Waals surface area contributed by atoms with Gasteiger partial charge in [0, 0.05) is 0 Å². The van der Waals surface area contributed by atoms with Crippen molar-refractivity contribution in [3.05, 3.63) is 0 Å². The molecule has 0 saturated carbocycles. The summed E-state index contributed by atoms with van der Waals surface area (Å²) in [5.74, 6) is 0. The van der Waals surface area contributed by atoms with Crippen molar-refractivity contribution in [1.82, 2.24) is 0 Å². The van der Waals surface area contributed by atoms with E-state index in [2.05, 4.69) is 0 Å². The molecule has 0 aromatic carbocycles. The van der Waals surface area contributed by atoms with Gasteiger partial charge >= 0.3 is 39.9 Å². The zero-order chi connectivity index (χ0) is 5.91. The Balaban J connectivity index is 3.34. The predicted molar refractivity (Wildman–Crippen MR) is 25.9 cm³/mol. The van der Waals surface area contributed by atoms with Crippen molar-refractivity contribution in [3.63, 3.8) is 0 Å². The van der Waals surface area contributed by atoms with Crippen molar-refractivity contribution in [3.8, 4) is 0 Å². The number of carbonyl (C=O) groups is 1. The Morgan fingerprint density at radius 2 is 1.86 bits per heavy atom. The summed E-state index contributed by atoms with van der Waals surface area (Å²) in [4.78, 5) is 33.5. The summed E-state index contributed by atoms with van der Waals surface area (Å²) in [7, 11) is -4.03. The van der Waals surface area contributed by atoms with Gasteiger partial charge in [0.1, 0.15) is 0 Å². The summed E-state index contributed by atoms with van der Waals surface area (Å²) in [6.07, 6.45) is -0.265. The third kappa shape index (κ3) is 5.98. The van der Waals surface area contributed by atoms with Crippen molar-refractivity contribution >= 4 is 14.2 Å². The average molecular weight is 126 g/mol. The Kier molecular flexibility index (Phi) is 2.32. The molecule has 0 aromatic heterocycles. The third-order valence-corrected chi connectivity index (χ3v) is 1.07. The summed E-state index contributed by atoms with van der Waals surface area (Å²) < 4.78 is 0. The van der Waals surface area contributed by atoms with Crippen LogP contribution in [0.3, 0.4) is 0 Å². The monoisotopic (exact) mass is 126 g/mol. The van der Waals surface area contributed by atoms with E-state index in [0.717, 1.165) is 0 Å². The Morgan fingerprint density at radius 1 is 1.43 bits per heavy atom. The van der Waals surface area contributed by atoms with E-state index in [4.69, 9.17) is 14.7 Å². The van der Waals surface area contributed by atoms with Crippen LogP contribution in [0.5, 0.6) is 0 Å². The zero-order valence-corrected chi connectivity index (χ0v) is 4.53. The van der Waals surface area contributed by atoms with Crippen molar-refractivity contribution in [1.29, 1.82) is 0 Å². The molecular formula is C2H7O4P. The Bertz CT molecular complexity index is 64.6. The normalized spacial score (nSPS) is 13.6. The van der Waals surface area contributed by atoms with Crippen molar-refractivity contribution in [2.24, 2.45) is 0 Å². The Morgan fingerprint density at radius 3 is 1.86 bits per heavy atom. The van der Waals surface area contributed by atoms with Crippen LogP contribution in [0.4, 0.5) is 0 Å². The maximum atomic E-state index is 9.38. The van der Waals surface area contributed by atoms with Crippen molar-refractivity contribution in [2.75, 3.05) is 6.16 Å². The summed E-state index contributed by atoms with van der Waals surface area (Å²) in [6, 6.07) is 0. The topological polar surface area (TPSA) is 77.8 Å². The number of rotatable bonds is 2. The van der Waals surface area contributed by atoms with Gasteiger partial charge in [-0.25, -0.2) is 0 Å². The van der Waals surface area contributed by atoms with Gasteiger partial charge in [-0.15, -0.1) is 0 Å². The first kappa shape index (κ1) is 6.98. The van der Waals surface area contributed by atoms with Gasteiger partial charge < -0.3 is 0 Å². The number of hydrogen-bond acceptors (Lipinski definition) is 4. The van der Waals surface area contributed by atoms with E-state index >= 15 is 0 Å². The van der Waals surface area contributed by atoms with Crippen LogP contribution in [0.25, 0.3) is 0 Å². The van der Waals surface area contributed by atoms with E-state index < -0.39 is 14.1 Å². The van der Waals surface area contributed by atoms with Gasteiger partial charge in [-0.1, -0.05) is 0 Å². The van der Waals surface area contributed by atoms with Crippen molar-refractivity contribution in [2.45, 2.75) is 0 Å². The van der Waals surface area contributed by atoms with Gasteiger partial charge in [-0.3, -0.25) is 0 Å². The molecule has 0 bridgehead atoms. The molecular weight excluding hydrogens is 119 g/mol. The number of aldehydes is 1. The fourth-order valence-corrected chi connectivity index (χ4v) is 0.335. The molecule has 4 nitrogen and oxygen atoms in total. The average Bonchev–Trinajstić information content (AvgIpc) is 1.30. The summed E-state index contributed by atoms with van der Waals surface area (Å²) >= 11 is 0. The van der Waals surface area contributed by atoms with Crippen LogP contribution in [0.2, 0.25) is 0 Å². The van der Waals surface area contributed by atoms with Crippen LogP contribution in [0, 0.1) is 0 Å². The molecule has 0 saturated heterocycles. The zero-order valence-electron chi connectivity index (χ0n) is 3.53. The molecule has 0 aromatic rings. The third-order valence-electron chi connectivity index (χ3n) is 0.357. The molecule has 0 radical (unpaired) electrons. The standard InChI is InChI=1S/C2H7O4P/c3-1-2-7(4,5)6/h1,4-7H,2H2. The maximum absolute atomic E-state index is 9.38. The van der Waals surface area contributed by atoms with Gasteiger partial charge in [-0.2, -0.15) is 0 Å². The van der Waals surface area contributed by atoms with Crippen LogP contribution in [-0.4, -0.2) is 27.1 Å². The van der Waals surface area contributed by atoms with Gasteiger partial charge in [0.2, 0.25) is 0 Å². The molecule has 0 aliphatic carbocycles. The van der Waals surface area contributed by atoms with Crippen LogP contribution < -0.4 is 0 Å². The number of hydrogen-bond donors (Lipinski definition) is 3. The second kappa shape index (κ2) is 2.33. The van der Waals surface area contributed by atoms with E-state index in [1.54, 1.807) is 0 Å². The molecule has 44 valence electrons. The summed E-state index contributed by atoms with van der Waals surface area (Å²) in [5, 5.41) is 0. The van der Waals surface area contributed by atoms with Gasteiger partial charge in [0.15, 0.2) is 0 Å². The van der Waals surface area contributed by atoms with Crippen LogP contribution >= 0.6 is 7.94 Å². The SMILES string of the molecule is O=CC[PH](O)(O)O. The molecule has 0 aliphatic rings. The first-order chi connectivity index (χ1) is 3.06. The molecule has 0 atom stereocenters. The molecule has 0 rings (SSSR count). The minimum absolute atomic E-state index is 0.270. The second-order valence-corrected chi connectivity index (χ2v) is 3.10. The van der Waals surface area contributed by atoms with E-state index in [1.165, 1.54) is 0 Å². The van der Waals surface area contributed by atoms with E-state index in [9.17, 15) is 4.79 Å². The summed E-state index contributed by atoms with van der Waals surface area (Å²) in [5.41, 5.74) is 0. The van der Waals surface area contributed by atoms with Gasteiger partial charge in [0.05, 0.1) is 0 Å². The molecule has 0 heterocycles. The van der Waals surface area contributed by atoms with Crippen LogP contribution in [0.15, 0.2) is 0 Å². The fraction of sp³-hybridized carbons (Fsp3) is 0.500. The first-order valence-electron chi connectivity index (χ1n) is 1.67. The molecule has 0 amide bonds. The molecule has 0 aliphatic heterocycles. The van der Waals surface area contributed by atoms with Gasteiger partial charge in [0.25, 0.3) is 0 Å². The second-order valence-electron chi connectivity index (χ2n) is 1.15. The number of carbonyl (C=O) groups excluding carboxylic acids is 1. The fourth-order valence-electron chi connectivity index (χ4n) is 0.112. The first-order valence-corrected chi connectivity index (χ1v) is 3.72. The van der Waals surface area contributed by atoms with Crippen LogP contribution in [0.1, 0.15) is 0 Å². The van der Waals surface area contributed by atoms with Crippen molar-refractivity contribution < 1.29 is 19.5 Å². The molecule has 0 spiro atoms. The molecule has 3 N–H and O–H groups in total. The minimum atomic E-state index is -4.03. The molecule has 0 fully saturated rings. The van der Waals surface area contributed by atoms with Crippen LogP contribution in [-0.2, 0) is 4.79 Å². The Labute approximate surface area is 41.0 Å². The van der Waals surface area contributed by atoms with E-state index in [0.29, 0.717) is 0 Å². The molecule has 7 heavy (non-hydrogen) atoms. The van der Waals surface area contributed by atoms with Gasteiger partial charge in [-0.05, 0) is 0 Å². The van der Waals surface area contributed by atoms with E-state index in [-0.39, 0.29) is 6.29 Å². The summed E-state index contributed by atoms with van der Waals surface area (Å²) in [6.45, 7) is 0. The van der Waals surface area contributed by atoms with E-state index in [1.807, 2.05) is 0 Å².